The summed E-state index contributed by atoms with van der Waals surface area (Å²) in [7, 11) is 0. The highest BCUT2D eigenvalue weighted by molar-refractivity contribution is 5.84. The topological polar surface area (TPSA) is 78.9 Å². The van der Waals surface area contributed by atoms with Gasteiger partial charge in [0.25, 0.3) is 6.29 Å². The molecule has 22 heavy (non-hydrogen) atoms. The Bertz CT molecular complexity index is 434. The number of esters is 3. The summed E-state index contributed by atoms with van der Waals surface area (Å²) in [5, 5.41) is 0. The summed E-state index contributed by atoms with van der Waals surface area (Å²) in [6.07, 6.45) is 0.368. The minimum atomic E-state index is -1.45. The fraction of sp³-hybridized carbons (Fsp3) is 0.562. The smallest absolute Gasteiger partial charge is 0.333 e. The van der Waals surface area contributed by atoms with Gasteiger partial charge in [-0.05, 0) is 19.3 Å². The first-order valence-corrected chi connectivity index (χ1v) is 6.77. The molecule has 0 aromatic carbocycles. The summed E-state index contributed by atoms with van der Waals surface area (Å²) < 4.78 is 15.1. The monoisotopic (exact) mass is 312 g/mol. The van der Waals surface area contributed by atoms with Gasteiger partial charge in [0.15, 0.2) is 0 Å². The first-order chi connectivity index (χ1) is 9.93. The van der Waals surface area contributed by atoms with Crippen molar-refractivity contribution >= 4 is 17.9 Å². The molecule has 0 aliphatic heterocycles. The van der Waals surface area contributed by atoms with Crippen LogP contribution in [0.25, 0.3) is 0 Å². The largest absolute Gasteiger partial charge is 0.465 e. The van der Waals surface area contributed by atoms with Crippen LogP contribution in [0.15, 0.2) is 25.3 Å². The van der Waals surface area contributed by atoms with Gasteiger partial charge in [0.1, 0.15) is 5.41 Å². The molecule has 0 amide bonds. The number of carbonyl (C=O) groups excluding carboxylic acids is 3. The number of hydrogen-bond donors (Lipinski definition) is 0. The minimum absolute atomic E-state index is 0.173. The molecule has 0 aromatic rings. The first kappa shape index (κ1) is 19.9. The standard InChI is InChI=1S/C16H24O6/c1-8-11(17)21-14(22-12(18)9-2)16(6,7)13(19)20-10-15(3,4)5/h8-9,14H,1-2,10H2,3-7H3. The number of carbonyl (C=O) groups is 3. The van der Waals surface area contributed by atoms with E-state index in [4.69, 9.17) is 14.2 Å². The van der Waals surface area contributed by atoms with Gasteiger partial charge >= 0.3 is 17.9 Å². The summed E-state index contributed by atoms with van der Waals surface area (Å²) >= 11 is 0. The third-order valence-electron chi connectivity index (χ3n) is 2.53. The van der Waals surface area contributed by atoms with Gasteiger partial charge in [-0.25, -0.2) is 9.59 Å². The predicted octanol–water partition coefficient (Wildman–Crippen LogP) is 2.39. The van der Waals surface area contributed by atoms with Gasteiger partial charge in [-0.15, -0.1) is 0 Å². The maximum Gasteiger partial charge on any atom is 0.333 e. The van der Waals surface area contributed by atoms with Crippen molar-refractivity contribution in [2.45, 2.75) is 40.9 Å². The van der Waals surface area contributed by atoms with Gasteiger partial charge in [0.2, 0.25) is 0 Å². The zero-order valence-corrected chi connectivity index (χ0v) is 13.8. The molecule has 6 nitrogen and oxygen atoms in total. The molecule has 6 heteroatoms. The van der Waals surface area contributed by atoms with Gasteiger partial charge in [-0.3, -0.25) is 4.79 Å². The normalized spacial score (nSPS) is 11.5. The van der Waals surface area contributed by atoms with Crippen LogP contribution in [-0.4, -0.2) is 30.8 Å². The van der Waals surface area contributed by atoms with E-state index in [0.717, 1.165) is 12.2 Å². The lowest BCUT2D eigenvalue weighted by molar-refractivity contribution is -0.211. The van der Waals surface area contributed by atoms with E-state index in [2.05, 4.69) is 13.2 Å². The van der Waals surface area contributed by atoms with Crippen molar-refractivity contribution in [2.75, 3.05) is 6.61 Å². The first-order valence-electron chi connectivity index (χ1n) is 6.77. The molecule has 0 aliphatic rings. The van der Waals surface area contributed by atoms with E-state index in [0.29, 0.717) is 0 Å². The van der Waals surface area contributed by atoms with E-state index in [1.807, 2.05) is 20.8 Å². The van der Waals surface area contributed by atoms with Crippen molar-refractivity contribution in [3.8, 4) is 0 Å². The van der Waals surface area contributed by atoms with Crippen LogP contribution in [0.3, 0.4) is 0 Å². The number of hydrogen-bond acceptors (Lipinski definition) is 6. The Balaban J connectivity index is 5.16. The second kappa shape index (κ2) is 7.77. The summed E-state index contributed by atoms with van der Waals surface area (Å²) in [6, 6.07) is 0. The van der Waals surface area contributed by atoms with Crippen LogP contribution in [0.2, 0.25) is 0 Å². The molecule has 0 fully saturated rings. The van der Waals surface area contributed by atoms with E-state index in [1.54, 1.807) is 0 Å². The average molecular weight is 312 g/mol. The Morgan fingerprint density at radius 2 is 1.36 bits per heavy atom. The molecule has 0 aromatic heterocycles. The zero-order valence-electron chi connectivity index (χ0n) is 13.8. The van der Waals surface area contributed by atoms with E-state index in [9.17, 15) is 14.4 Å². The van der Waals surface area contributed by atoms with E-state index < -0.39 is 29.6 Å². The Morgan fingerprint density at radius 1 is 0.955 bits per heavy atom. The van der Waals surface area contributed by atoms with Gasteiger partial charge in [0, 0.05) is 12.2 Å². The molecule has 124 valence electrons. The summed E-state index contributed by atoms with van der Waals surface area (Å²) in [4.78, 5) is 35.0. The third kappa shape index (κ3) is 6.56. The average Bonchev–Trinajstić information content (AvgIpc) is 2.42. The van der Waals surface area contributed by atoms with Crippen molar-refractivity contribution < 1.29 is 28.6 Å². The Morgan fingerprint density at radius 3 is 1.68 bits per heavy atom. The third-order valence-corrected chi connectivity index (χ3v) is 2.53. The quantitative estimate of drug-likeness (QED) is 0.408. The van der Waals surface area contributed by atoms with Gasteiger partial charge in [0.05, 0.1) is 6.61 Å². The number of ether oxygens (including phenoxy) is 3. The Kier molecular flexibility index (Phi) is 7.03. The van der Waals surface area contributed by atoms with Crippen LogP contribution in [0.5, 0.6) is 0 Å². The van der Waals surface area contributed by atoms with Crippen molar-refractivity contribution in [1.82, 2.24) is 0 Å². The number of rotatable bonds is 7. The molecule has 0 N–H and O–H groups in total. The second-order valence-electron chi connectivity index (χ2n) is 6.47. The molecule has 0 heterocycles. The van der Waals surface area contributed by atoms with Gasteiger partial charge in [-0.1, -0.05) is 33.9 Å². The fourth-order valence-electron chi connectivity index (χ4n) is 1.19. The van der Waals surface area contributed by atoms with Crippen molar-refractivity contribution in [3.63, 3.8) is 0 Å². The van der Waals surface area contributed by atoms with Crippen LogP contribution in [0.4, 0.5) is 0 Å². The molecule has 0 radical (unpaired) electrons. The highest BCUT2D eigenvalue weighted by Gasteiger charge is 2.44. The Hall–Kier alpha value is -2.11. The molecular weight excluding hydrogens is 288 g/mol. The molecule has 0 bridgehead atoms. The van der Waals surface area contributed by atoms with Crippen molar-refractivity contribution in [1.29, 1.82) is 0 Å². The second-order valence-corrected chi connectivity index (χ2v) is 6.47. The molecule has 0 aliphatic carbocycles. The fourth-order valence-corrected chi connectivity index (χ4v) is 1.19. The molecule has 0 spiro atoms. The lowest BCUT2D eigenvalue weighted by Crippen LogP contribution is -2.44. The SMILES string of the molecule is C=CC(=O)OC(OC(=O)C=C)C(C)(C)C(=O)OCC(C)(C)C. The summed E-state index contributed by atoms with van der Waals surface area (Å²) in [6.45, 7) is 15.3. The van der Waals surface area contributed by atoms with Crippen LogP contribution < -0.4 is 0 Å². The predicted molar refractivity (Wildman–Crippen MR) is 80.6 cm³/mol. The zero-order chi connectivity index (χ0) is 17.6. The molecule has 0 rings (SSSR count). The lowest BCUT2D eigenvalue weighted by Gasteiger charge is -2.31. The van der Waals surface area contributed by atoms with E-state index in [1.165, 1.54) is 13.8 Å². The molecule has 0 unspecified atom stereocenters. The molecule has 0 atom stereocenters. The van der Waals surface area contributed by atoms with E-state index in [-0.39, 0.29) is 12.0 Å². The highest BCUT2D eigenvalue weighted by Crippen LogP contribution is 2.28. The van der Waals surface area contributed by atoms with E-state index >= 15 is 0 Å². The van der Waals surface area contributed by atoms with Crippen LogP contribution in [-0.2, 0) is 28.6 Å². The van der Waals surface area contributed by atoms with Crippen LogP contribution in [0.1, 0.15) is 34.6 Å². The minimum Gasteiger partial charge on any atom is -0.465 e. The van der Waals surface area contributed by atoms with Gasteiger partial charge < -0.3 is 14.2 Å². The summed E-state index contributed by atoms with van der Waals surface area (Å²) in [5.74, 6) is -2.29. The maximum absolute atomic E-state index is 12.2. The van der Waals surface area contributed by atoms with Crippen molar-refractivity contribution in [3.05, 3.63) is 25.3 Å². The summed E-state index contributed by atoms with van der Waals surface area (Å²) in [5.41, 5.74) is -1.61. The maximum atomic E-state index is 12.2. The van der Waals surface area contributed by atoms with Gasteiger partial charge in [-0.2, -0.15) is 0 Å². The molecular formula is C16H24O6. The lowest BCUT2D eigenvalue weighted by atomic mass is 9.92. The Labute approximate surface area is 131 Å². The molecule has 0 saturated carbocycles. The van der Waals surface area contributed by atoms with Crippen LogP contribution in [0, 0.1) is 10.8 Å². The van der Waals surface area contributed by atoms with Crippen molar-refractivity contribution in [2.24, 2.45) is 10.8 Å². The molecule has 0 saturated heterocycles. The van der Waals surface area contributed by atoms with Crippen LogP contribution >= 0.6 is 0 Å². The highest BCUT2D eigenvalue weighted by atomic mass is 16.7.